The van der Waals surface area contributed by atoms with Gasteiger partial charge in [-0.15, -0.1) is 0 Å². The van der Waals surface area contributed by atoms with Gasteiger partial charge in [-0.05, 0) is 24.1 Å². The molecule has 1 N–H and O–H groups in total. The van der Waals surface area contributed by atoms with Crippen molar-refractivity contribution in [1.82, 2.24) is 4.98 Å². The van der Waals surface area contributed by atoms with Crippen LogP contribution in [0.15, 0.2) is 30.6 Å². The van der Waals surface area contributed by atoms with E-state index in [-0.39, 0.29) is 5.69 Å². The second-order valence-corrected chi connectivity index (χ2v) is 4.72. The van der Waals surface area contributed by atoms with Gasteiger partial charge in [0.25, 0.3) is 0 Å². The van der Waals surface area contributed by atoms with Crippen LogP contribution in [0, 0.1) is 11.6 Å². The Morgan fingerprint density at radius 3 is 2.37 bits per heavy atom. The number of hydrogen-bond acceptors (Lipinski definition) is 2. The Kier molecular flexibility index (Phi) is 4.56. The molecule has 0 saturated heterocycles. The minimum absolute atomic E-state index is 0.171. The second kappa shape index (κ2) is 6.17. The number of rotatable bonds is 4. The first-order valence-electron chi connectivity index (χ1n) is 5.54. The zero-order chi connectivity index (χ0) is 13.8. The quantitative estimate of drug-likeness (QED) is 0.910. The minimum atomic E-state index is -0.714. The van der Waals surface area contributed by atoms with Crippen molar-refractivity contribution in [3.63, 3.8) is 0 Å². The fraction of sp³-hybridized carbons (Fsp3) is 0.154. The number of benzene rings is 1. The fourth-order valence-electron chi connectivity index (χ4n) is 1.61. The maximum Gasteiger partial charge on any atom is 0.167 e. The van der Waals surface area contributed by atoms with Crippen LogP contribution in [0.3, 0.4) is 0 Å². The summed E-state index contributed by atoms with van der Waals surface area (Å²) < 4.78 is 26.6. The molecule has 1 aromatic carbocycles. The molecule has 100 valence electrons. The summed E-state index contributed by atoms with van der Waals surface area (Å²) in [5.74, 6) is -1.43. The molecule has 1 aromatic heterocycles. The summed E-state index contributed by atoms with van der Waals surface area (Å²) in [7, 11) is 0. The molecule has 2 nitrogen and oxygen atoms in total. The number of aromatic nitrogens is 1. The van der Waals surface area contributed by atoms with E-state index in [0.29, 0.717) is 23.0 Å². The first-order valence-corrected chi connectivity index (χ1v) is 6.30. The summed E-state index contributed by atoms with van der Waals surface area (Å²) in [6, 6.07) is 5.23. The van der Waals surface area contributed by atoms with Gasteiger partial charge in [-0.3, -0.25) is 4.98 Å². The summed E-state index contributed by atoms with van der Waals surface area (Å²) in [5, 5.41) is 3.63. The van der Waals surface area contributed by atoms with E-state index in [9.17, 15) is 8.78 Å². The van der Waals surface area contributed by atoms with Gasteiger partial charge in [0.1, 0.15) is 5.69 Å². The molecule has 0 unspecified atom stereocenters. The highest BCUT2D eigenvalue weighted by Gasteiger charge is 2.08. The van der Waals surface area contributed by atoms with Crippen LogP contribution >= 0.6 is 23.2 Å². The van der Waals surface area contributed by atoms with Crippen LogP contribution in [0.1, 0.15) is 5.56 Å². The molecule has 0 atom stereocenters. The number of hydrogen-bond donors (Lipinski definition) is 1. The largest absolute Gasteiger partial charge is 0.380 e. The molecular formula is C13H10Cl2F2N2. The van der Waals surface area contributed by atoms with Crippen molar-refractivity contribution in [2.45, 2.75) is 6.42 Å². The molecule has 2 aromatic rings. The van der Waals surface area contributed by atoms with Crippen LogP contribution in [0.25, 0.3) is 0 Å². The minimum Gasteiger partial charge on any atom is -0.380 e. The highest BCUT2D eigenvalue weighted by molar-refractivity contribution is 6.42. The van der Waals surface area contributed by atoms with Crippen molar-refractivity contribution < 1.29 is 8.78 Å². The molecular weight excluding hydrogens is 293 g/mol. The molecule has 0 fully saturated rings. The van der Waals surface area contributed by atoms with Crippen molar-refractivity contribution in [2.75, 3.05) is 11.9 Å². The summed E-state index contributed by atoms with van der Waals surface area (Å²) in [5.41, 5.74) is 0.756. The molecule has 0 bridgehead atoms. The van der Waals surface area contributed by atoms with Gasteiger partial charge in [-0.25, -0.2) is 8.78 Å². The Hall–Kier alpha value is -1.39. The van der Waals surface area contributed by atoms with E-state index in [2.05, 4.69) is 10.3 Å². The van der Waals surface area contributed by atoms with Gasteiger partial charge in [-0.2, -0.15) is 0 Å². The van der Waals surface area contributed by atoms with Gasteiger partial charge >= 0.3 is 0 Å². The SMILES string of the molecule is Fc1cncc(F)c1NCCc1ccc(Cl)c(Cl)c1. The van der Waals surface area contributed by atoms with Crippen molar-refractivity contribution >= 4 is 28.9 Å². The van der Waals surface area contributed by atoms with Crippen LogP contribution in [-0.2, 0) is 6.42 Å². The molecule has 0 radical (unpaired) electrons. The van der Waals surface area contributed by atoms with Gasteiger partial charge < -0.3 is 5.32 Å². The number of nitrogens with one attached hydrogen (secondary N) is 1. The van der Waals surface area contributed by atoms with Gasteiger partial charge in [0, 0.05) is 6.54 Å². The van der Waals surface area contributed by atoms with Gasteiger partial charge in [0.15, 0.2) is 11.6 Å². The average molecular weight is 303 g/mol. The maximum atomic E-state index is 13.3. The second-order valence-electron chi connectivity index (χ2n) is 3.90. The monoisotopic (exact) mass is 302 g/mol. The Bertz CT molecular complexity index is 571. The molecule has 6 heteroatoms. The number of pyridine rings is 1. The van der Waals surface area contributed by atoms with E-state index in [4.69, 9.17) is 23.2 Å². The summed E-state index contributed by atoms with van der Waals surface area (Å²) in [6.45, 7) is 0.371. The maximum absolute atomic E-state index is 13.3. The van der Waals surface area contributed by atoms with Crippen LogP contribution in [0.4, 0.5) is 14.5 Å². The predicted octanol–water partition coefficient (Wildman–Crippen LogP) is 4.32. The van der Waals surface area contributed by atoms with Crippen molar-refractivity contribution in [3.8, 4) is 0 Å². The molecule has 0 aliphatic heterocycles. The van der Waals surface area contributed by atoms with E-state index in [1.54, 1.807) is 12.1 Å². The molecule has 0 spiro atoms. The zero-order valence-electron chi connectivity index (χ0n) is 9.76. The van der Waals surface area contributed by atoms with Gasteiger partial charge in [0.05, 0.1) is 22.4 Å². The Labute approximate surface area is 119 Å². The molecule has 0 amide bonds. The van der Waals surface area contributed by atoms with Crippen molar-refractivity contribution in [2.24, 2.45) is 0 Å². The van der Waals surface area contributed by atoms with Gasteiger partial charge in [0.2, 0.25) is 0 Å². The number of nitrogens with zero attached hydrogens (tertiary/aromatic N) is 1. The third kappa shape index (κ3) is 3.55. The molecule has 19 heavy (non-hydrogen) atoms. The summed E-state index contributed by atoms with van der Waals surface area (Å²) >= 11 is 11.7. The molecule has 2 rings (SSSR count). The predicted molar refractivity (Wildman–Crippen MR) is 72.8 cm³/mol. The van der Waals surface area contributed by atoms with E-state index in [1.165, 1.54) is 0 Å². The third-order valence-corrected chi connectivity index (χ3v) is 3.29. The van der Waals surface area contributed by atoms with Gasteiger partial charge in [-0.1, -0.05) is 29.3 Å². The van der Waals surface area contributed by atoms with E-state index in [1.807, 2.05) is 6.07 Å². The lowest BCUT2D eigenvalue weighted by atomic mass is 10.1. The Balaban J connectivity index is 1.98. The normalized spacial score (nSPS) is 10.5. The first-order chi connectivity index (χ1) is 9.08. The molecule has 1 heterocycles. The highest BCUT2D eigenvalue weighted by atomic mass is 35.5. The lowest BCUT2D eigenvalue weighted by Gasteiger charge is -2.08. The van der Waals surface area contributed by atoms with Crippen LogP contribution in [-0.4, -0.2) is 11.5 Å². The Morgan fingerprint density at radius 2 is 1.74 bits per heavy atom. The topological polar surface area (TPSA) is 24.9 Å². The van der Waals surface area contributed by atoms with Crippen molar-refractivity contribution in [3.05, 3.63) is 57.8 Å². The number of halogens is 4. The lowest BCUT2D eigenvalue weighted by molar-refractivity contribution is 0.578. The zero-order valence-corrected chi connectivity index (χ0v) is 11.3. The summed E-state index contributed by atoms with van der Waals surface area (Å²) in [6.07, 6.45) is 2.49. The Morgan fingerprint density at radius 1 is 1.05 bits per heavy atom. The smallest absolute Gasteiger partial charge is 0.167 e. The van der Waals surface area contributed by atoms with E-state index >= 15 is 0 Å². The fourth-order valence-corrected chi connectivity index (χ4v) is 1.93. The van der Waals surface area contributed by atoms with Crippen LogP contribution < -0.4 is 5.32 Å². The van der Waals surface area contributed by atoms with Crippen molar-refractivity contribution in [1.29, 1.82) is 0 Å². The summed E-state index contributed by atoms with van der Waals surface area (Å²) in [4.78, 5) is 3.41. The molecule has 0 aliphatic carbocycles. The average Bonchev–Trinajstić information content (AvgIpc) is 2.37. The first kappa shape index (κ1) is 14.0. The van der Waals surface area contributed by atoms with Crippen LogP contribution in [0.5, 0.6) is 0 Å². The molecule has 0 aliphatic rings. The molecule has 0 saturated carbocycles. The highest BCUT2D eigenvalue weighted by Crippen LogP contribution is 2.23. The standard InChI is InChI=1S/C13H10Cl2F2N2/c14-9-2-1-8(5-10(9)15)3-4-19-13-11(16)6-18-7-12(13)17/h1-2,5-7H,3-4H2,(H,18,19). The lowest BCUT2D eigenvalue weighted by Crippen LogP contribution is -2.08. The van der Waals surface area contributed by atoms with Crippen LogP contribution in [0.2, 0.25) is 10.0 Å². The third-order valence-electron chi connectivity index (χ3n) is 2.55. The van der Waals surface area contributed by atoms with E-state index < -0.39 is 11.6 Å². The number of anilines is 1. The van der Waals surface area contributed by atoms with E-state index in [0.717, 1.165) is 18.0 Å².